The molecule has 1 heterocycles. The lowest BCUT2D eigenvalue weighted by Crippen LogP contribution is -2.15. The third-order valence-electron chi connectivity index (χ3n) is 2.94. The molecule has 15 heavy (non-hydrogen) atoms. The van der Waals surface area contributed by atoms with E-state index in [2.05, 4.69) is 49.9 Å². The molecule has 0 saturated heterocycles. The van der Waals surface area contributed by atoms with Crippen LogP contribution in [0.15, 0.2) is 23.2 Å². The molecule has 0 bridgehead atoms. The number of thiol groups is 1. The fraction of sp³-hybridized carbons (Fsp3) is 0.417. The van der Waals surface area contributed by atoms with Gasteiger partial charge in [0.2, 0.25) is 0 Å². The first-order valence-electron chi connectivity index (χ1n) is 5.16. The summed E-state index contributed by atoms with van der Waals surface area (Å²) in [6, 6.07) is 6.64. The molecular weight excluding hydrogens is 204 g/mol. The van der Waals surface area contributed by atoms with Gasteiger partial charge in [0.1, 0.15) is 5.84 Å². The van der Waals surface area contributed by atoms with E-state index >= 15 is 0 Å². The zero-order chi connectivity index (χ0) is 11.0. The maximum absolute atomic E-state index is 4.63. The van der Waals surface area contributed by atoms with Gasteiger partial charge in [0.05, 0.1) is 12.6 Å². The van der Waals surface area contributed by atoms with E-state index in [-0.39, 0.29) is 6.04 Å². The zero-order valence-electron chi connectivity index (χ0n) is 9.36. The van der Waals surface area contributed by atoms with E-state index in [4.69, 9.17) is 0 Å². The number of hydrogen-bond donors (Lipinski definition) is 1. The van der Waals surface area contributed by atoms with Crippen molar-refractivity contribution in [1.82, 2.24) is 4.31 Å². The molecule has 0 radical (unpaired) electrons. The van der Waals surface area contributed by atoms with Crippen LogP contribution in [0.5, 0.6) is 0 Å². The van der Waals surface area contributed by atoms with Crippen LogP contribution in [0, 0.1) is 13.8 Å². The second-order valence-corrected chi connectivity index (χ2v) is 4.56. The summed E-state index contributed by atoms with van der Waals surface area (Å²) in [5.74, 6) is 1.01. The molecule has 0 N–H and O–H groups in total. The highest BCUT2D eigenvalue weighted by Crippen LogP contribution is 2.30. The van der Waals surface area contributed by atoms with E-state index in [0.29, 0.717) is 0 Å². The zero-order valence-corrected chi connectivity index (χ0v) is 10.3. The second-order valence-electron chi connectivity index (χ2n) is 4.08. The van der Waals surface area contributed by atoms with Crippen LogP contribution in [-0.4, -0.2) is 16.7 Å². The fourth-order valence-electron chi connectivity index (χ4n) is 2.14. The largest absolute Gasteiger partial charge is 0.305 e. The fourth-order valence-corrected chi connectivity index (χ4v) is 2.34. The lowest BCUT2D eigenvalue weighted by atomic mass is 9.97. The molecule has 3 heteroatoms. The molecule has 0 fully saturated rings. The number of aliphatic imine (C=N–C) groups is 1. The van der Waals surface area contributed by atoms with Gasteiger partial charge in [0, 0.05) is 0 Å². The van der Waals surface area contributed by atoms with Crippen molar-refractivity contribution in [2.45, 2.75) is 26.8 Å². The monoisotopic (exact) mass is 220 g/mol. The highest BCUT2D eigenvalue weighted by Gasteiger charge is 2.23. The third kappa shape index (κ3) is 1.88. The molecule has 2 nitrogen and oxygen atoms in total. The highest BCUT2D eigenvalue weighted by atomic mass is 32.1. The van der Waals surface area contributed by atoms with Gasteiger partial charge in [-0.15, -0.1) is 0 Å². The quantitative estimate of drug-likeness (QED) is 0.719. The minimum atomic E-state index is 0.253. The number of nitrogens with zero attached hydrogens (tertiary/aromatic N) is 2. The molecule has 1 unspecified atom stereocenters. The topological polar surface area (TPSA) is 15.6 Å². The summed E-state index contributed by atoms with van der Waals surface area (Å²) in [5.41, 5.74) is 3.99. The summed E-state index contributed by atoms with van der Waals surface area (Å²) in [6.07, 6.45) is 0. The lowest BCUT2D eigenvalue weighted by molar-refractivity contribution is 0.635. The summed E-state index contributed by atoms with van der Waals surface area (Å²) >= 11 is 4.37. The Kier molecular flexibility index (Phi) is 2.74. The normalized spacial score (nSPS) is 20.7. The lowest BCUT2D eigenvalue weighted by Gasteiger charge is -2.15. The molecule has 80 valence electrons. The first kappa shape index (κ1) is 10.6. The molecule has 1 aromatic carbocycles. The van der Waals surface area contributed by atoms with Gasteiger partial charge in [-0.05, 0) is 37.5 Å². The number of benzene rings is 1. The first-order valence-corrected chi connectivity index (χ1v) is 5.56. The molecule has 0 saturated carbocycles. The van der Waals surface area contributed by atoms with Gasteiger partial charge >= 0.3 is 0 Å². The Morgan fingerprint density at radius 2 is 1.87 bits per heavy atom. The van der Waals surface area contributed by atoms with E-state index in [0.717, 1.165) is 12.4 Å². The molecule has 0 amide bonds. The van der Waals surface area contributed by atoms with Crippen LogP contribution in [-0.2, 0) is 0 Å². The predicted octanol–water partition coefficient (Wildman–Crippen LogP) is 2.92. The maximum Gasteiger partial charge on any atom is 0.106 e. The van der Waals surface area contributed by atoms with Crippen LogP contribution < -0.4 is 0 Å². The van der Waals surface area contributed by atoms with Crippen molar-refractivity contribution in [3.05, 3.63) is 34.9 Å². The Balaban J connectivity index is 2.40. The summed E-state index contributed by atoms with van der Waals surface area (Å²) in [5, 5.41) is 0. The third-order valence-corrected chi connectivity index (χ3v) is 3.39. The van der Waals surface area contributed by atoms with E-state index < -0.39 is 0 Å². The average molecular weight is 220 g/mol. The van der Waals surface area contributed by atoms with Gasteiger partial charge in [-0.25, -0.2) is 0 Å². The number of aryl methyl sites for hydroxylation is 2. The van der Waals surface area contributed by atoms with Crippen LogP contribution in [0.1, 0.15) is 29.7 Å². The molecule has 1 aliphatic rings. The van der Waals surface area contributed by atoms with Crippen molar-refractivity contribution in [1.29, 1.82) is 0 Å². The Labute approximate surface area is 96.6 Å². The SMILES string of the molecule is CC1=NC(c2c(C)cccc2C)CN1S. The molecule has 1 aromatic rings. The summed E-state index contributed by atoms with van der Waals surface area (Å²) in [6.45, 7) is 7.17. The van der Waals surface area contributed by atoms with Gasteiger partial charge in [-0.3, -0.25) is 4.99 Å². The van der Waals surface area contributed by atoms with E-state index in [1.54, 1.807) is 0 Å². The second kappa shape index (κ2) is 3.89. The summed E-state index contributed by atoms with van der Waals surface area (Å²) in [7, 11) is 0. The van der Waals surface area contributed by atoms with Crippen molar-refractivity contribution in [2.24, 2.45) is 4.99 Å². The maximum atomic E-state index is 4.63. The van der Waals surface area contributed by atoms with E-state index in [1.165, 1.54) is 16.7 Å². The van der Waals surface area contributed by atoms with Gasteiger partial charge in [-0.1, -0.05) is 31.0 Å². The Morgan fingerprint density at radius 3 is 2.33 bits per heavy atom. The smallest absolute Gasteiger partial charge is 0.106 e. The highest BCUT2D eigenvalue weighted by molar-refractivity contribution is 7.78. The molecule has 1 aliphatic heterocycles. The first-order chi connectivity index (χ1) is 7.09. The van der Waals surface area contributed by atoms with Crippen molar-refractivity contribution >= 4 is 18.7 Å². The van der Waals surface area contributed by atoms with Crippen LogP contribution in [0.4, 0.5) is 0 Å². The number of hydrogen-bond acceptors (Lipinski definition) is 3. The minimum Gasteiger partial charge on any atom is -0.305 e. The molecule has 0 aromatic heterocycles. The average Bonchev–Trinajstić information content (AvgIpc) is 2.46. The molecular formula is C12H16N2S. The Morgan fingerprint density at radius 1 is 1.27 bits per heavy atom. The predicted molar refractivity (Wildman–Crippen MR) is 67.5 cm³/mol. The van der Waals surface area contributed by atoms with Crippen LogP contribution in [0.25, 0.3) is 0 Å². The summed E-state index contributed by atoms with van der Waals surface area (Å²) < 4.78 is 1.91. The van der Waals surface area contributed by atoms with Gasteiger partial charge in [0.25, 0.3) is 0 Å². The van der Waals surface area contributed by atoms with Crippen molar-refractivity contribution in [2.75, 3.05) is 6.54 Å². The van der Waals surface area contributed by atoms with Gasteiger partial charge in [0.15, 0.2) is 0 Å². The summed E-state index contributed by atoms with van der Waals surface area (Å²) in [4.78, 5) is 4.63. The van der Waals surface area contributed by atoms with Crippen molar-refractivity contribution in [3.8, 4) is 0 Å². The van der Waals surface area contributed by atoms with Crippen molar-refractivity contribution < 1.29 is 0 Å². The van der Waals surface area contributed by atoms with E-state index in [1.807, 2.05) is 11.2 Å². The van der Waals surface area contributed by atoms with Crippen LogP contribution in [0.2, 0.25) is 0 Å². The minimum absolute atomic E-state index is 0.253. The number of amidine groups is 1. The molecule has 1 atom stereocenters. The van der Waals surface area contributed by atoms with Gasteiger partial charge < -0.3 is 4.31 Å². The molecule has 0 spiro atoms. The van der Waals surface area contributed by atoms with Crippen LogP contribution in [0.3, 0.4) is 0 Å². The van der Waals surface area contributed by atoms with Crippen LogP contribution >= 0.6 is 12.8 Å². The van der Waals surface area contributed by atoms with Gasteiger partial charge in [-0.2, -0.15) is 0 Å². The van der Waals surface area contributed by atoms with Crippen molar-refractivity contribution in [3.63, 3.8) is 0 Å². The molecule has 0 aliphatic carbocycles. The standard InChI is InChI=1S/C12H16N2S/c1-8-5-4-6-9(2)12(8)11-7-14(15)10(3)13-11/h4-6,11,15H,7H2,1-3H3. The Bertz CT molecular complexity index is 392. The van der Waals surface area contributed by atoms with E-state index in [9.17, 15) is 0 Å². The Hall–Kier alpha value is -0.960. The number of rotatable bonds is 1. The molecule has 2 rings (SSSR count).